The van der Waals surface area contributed by atoms with Gasteiger partial charge in [-0.05, 0) is 29.8 Å². The summed E-state index contributed by atoms with van der Waals surface area (Å²) in [7, 11) is 7.02. The van der Waals surface area contributed by atoms with Gasteiger partial charge in [-0.25, -0.2) is 4.79 Å². The fraction of sp³-hybridized carbons (Fsp3) is 0.360. The molecule has 9 nitrogen and oxygen atoms in total. The number of ether oxygens (including phenoxy) is 1. The van der Waals surface area contributed by atoms with Crippen molar-refractivity contribution in [3.63, 3.8) is 0 Å². The molecule has 0 bridgehead atoms. The van der Waals surface area contributed by atoms with E-state index < -0.39 is 18.2 Å². The fourth-order valence-electron chi connectivity index (χ4n) is 4.51. The summed E-state index contributed by atoms with van der Waals surface area (Å²) in [6.07, 6.45) is 0.196. The molecule has 3 amide bonds. The zero-order valence-corrected chi connectivity index (χ0v) is 19.8. The summed E-state index contributed by atoms with van der Waals surface area (Å²) < 4.78 is 5.41. The maximum absolute atomic E-state index is 13.3. The van der Waals surface area contributed by atoms with Crippen LogP contribution in [-0.4, -0.2) is 74.0 Å². The quantitative estimate of drug-likeness (QED) is 0.607. The highest BCUT2D eigenvalue weighted by Gasteiger charge is 2.60. The van der Waals surface area contributed by atoms with E-state index >= 15 is 0 Å². The van der Waals surface area contributed by atoms with Gasteiger partial charge in [0.05, 0.1) is 11.3 Å². The average Bonchev–Trinajstić information content (AvgIpc) is 3.19. The summed E-state index contributed by atoms with van der Waals surface area (Å²) in [6.45, 7) is -0.135. The summed E-state index contributed by atoms with van der Waals surface area (Å²) >= 11 is 0. The molecule has 9 heteroatoms. The van der Waals surface area contributed by atoms with Crippen LogP contribution in [0, 0.1) is 0 Å². The standard InChI is InChI=1S/C25H28N4O5/c1-26(2)18-11-9-17(10-12-18)15-27(3)22(31)16-34-24(33)25-14-13-21(30)29(25)20-8-6-5-7-19(20)23(32)28(25)4/h5-12H,13-16H2,1-4H3. The Balaban J connectivity index is 1.47. The molecule has 2 aliphatic rings. The SMILES string of the molecule is CN(Cc1ccc(N(C)C)cc1)C(=O)COC(=O)C12CCC(=O)N1c1ccccc1C(=O)N2C. The maximum Gasteiger partial charge on any atom is 0.354 e. The second kappa shape index (κ2) is 8.81. The Morgan fingerprint density at radius 1 is 1.03 bits per heavy atom. The normalized spacial score (nSPS) is 18.9. The summed E-state index contributed by atoms with van der Waals surface area (Å²) in [6, 6.07) is 14.5. The van der Waals surface area contributed by atoms with Gasteiger partial charge in [0.1, 0.15) is 0 Å². The van der Waals surface area contributed by atoms with E-state index in [1.165, 1.54) is 21.7 Å². The Hall–Kier alpha value is -3.88. The molecule has 1 atom stereocenters. The molecule has 0 aromatic heterocycles. The Kier molecular flexibility index (Phi) is 6.03. The number of rotatable bonds is 6. The minimum absolute atomic E-state index is 0.0951. The summed E-state index contributed by atoms with van der Waals surface area (Å²) in [5, 5.41) is 0. The van der Waals surface area contributed by atoms with Crippen LogP contribution in [0.3, 0.4) is 0 Å². The highest BCUT2D eigenvalue weighted by atomic mass is 16.5. The van der Waals surface area contributed by atoms with E-state index in [9.17, 15) is 19.2 Å². The molecule has 0 N–H and O–H groups in total. The number of hydrogen-bond acceptors (Lipinski definition) is 6. The molecule has 4 rings (SSSR count). The van der Waals surface area contributed by atoms with Gasteiger partial charge in [0.25, 0.3) is 11.8 Å². The molecule has 178 valence electrons. The first kappa shape index (κ1) is 23.3. The number of benzene rings is 2. The van der Waals surface area contributed by atoms with Crippen molar-refractivity contribution in [1.82, 2.24) is 9.80 Å². The average molecular weight is 465 g/mol. The topological polar surface area (TPSA) is 90.5 Å². The number of nitrogens with zero attached hydrogens (tertiary/aromatic N) is 4. The highest BCUT2D eigenvalue weighted by Crippen LogP contribution is 2.44. The van der Waals surface area contributed by atoms with Crippen molar-refractivity contribution in [3.05, 3.63) is 59.7 Å². The second-order valence-electron chi connectivity index (χ2n) is 8.81. The summed E-state index contributed by atoms with van der Waals surface area (Å²) in [4.78, 5) is 57.8. The number of esters is 1. The monoisotopic (exact) mass is 464 g/mol. The lowest BCUT2D eigenvalue weighted by atomic mass is 9.97. The number of carbonyl (C=O) groups excluding carboxylic acids is 4. The first-order valence-electron chi connectivity index (χ1n) is 11.0. The van der Waals surface area contributed by atoms with E-state index in [4.69, 9.17) is 4.74 Å². The highest BCUT2D eigenvalue weighted by molar-refractivity contribution is 6.15. The Labute approximate surface area is 198 Å². The van der Waals surface area contributed by atoms with Crippen molar-refractivity contribution in [2.24, 2.45) is 0 Å². The molecule has 2 heterocycles. The van der Waals surface area contributed by atoms with Crippen LogP contribution in [0.15, 0.2) is 48.5 Å². The van der Waals surface area contributed by atoms with Crippen molar-refractivity contribution in [3.8, 4) is 0 Å². The van der Waals surface area contributed by atoms with E-state index in [-0.39, 0.29) is 30.6 Å². The molecule has 2 aromatic carbocycles. The van der Waals surface area contributed by atoms with E-state index in [0.29, 0.717) is 17.8 Å². The van der Waals surface area contributed by atoms with Crippen LogP contribution in [0.2, 0.25) is 0 Å². The van der Waals surface area contributed by atoms with Crippen LogP contribution in [0.1, 0.15) is 28.8 Å². The van der Waals surface area contributed by atoms with Crippen molar-refractivity contribution in [2.75, 3.05) is 44.6 Å². The summed E-state index contributed by atoms with van der Waals surface area (Å²) in [5.74, 6) is -1.82. The van der Waals surface area contributed by atoms with Crippen molar-refractivity contribution in [2.45, 2.75) is 25.0 Å². The third kappa shape index (κ3) is 3.76. The lowest BCUT2D eigenvalue weighted by molar-refractivity contribution is -0.161. The number of amides is 3. The third-order valence-corrected chi connectivity index (χ3v) is 6.49. The minimum atomic E-state index is -1.59. The lowest BCUT2D eigenvalue weighted by Crippen LogP contribution is -2.67. The molecule has 34 heavy (non-hydrogen) atoms. The Morgan fingerprint density at radius 2 is 1.71 bits per heavy atom. The van der Waals surface area contributed by atoms with Gasteiger partial charge in [-0.2, -0.15) is 0 Å². The molecule has 1 saturated heterocycles. The zero-order valence-electron chi connectivity index (χ0n) is 19.8. The van der Waals surface area contributed by atoms with Gasteiger partial charge in [-0.3, -0.25) is 19.3 Å². The van der Waals surface area contributed by atoms with Crippen LogP contribution in [0.4, 0.5) is 11.4 Å². The fourth-order valence-corrected chi connectivity index (χ4v) is 4.51. The molecule has 0 aliphatic carbocycles. The maximum atomic E-state index is 13.3. The van der Waals surface area contributed by atoms with E-state index in [1.54, 1.807) is 31.3 Å². The molecule has 2 aliphatic heterocycles. The van der Waals surface area contributed by atoms with Crippen LogP contribution in [0.5, 0.6) is 0 Å². The molecular weight excluding hydrogens is 436 g/mol. The van der Waals surface area contributed by atoms with Gasteiger partial charge < -0.3 is 19.4 Å². The van der Waals surface area contributed by atoms with Gasteiger partial charge in [0.15, 0.2) is 6.61 Å². The van der Waals surface area contributed by atoms with E-state index in [1.807, 2.05) is 43.3 Å². The smallest absolute Gasteiger partial charge is 0.354 e. The predicted octanol–water partition coefficient (Wildman–Crippen LogP) is 1.86. The van der Waals surface area contributed by atoms with Crippen LogP contribution < -0.4 is 9.80 Å². The summed E-state index contributed by atoms with van der Waals surface area (Å²) in [5.41, 5.74) is 1.13. The van der Waals surface area contributed by atoms with Gasteiger partial charge >= 0.3 is 5.97 Å². The largest absolute Gasteiger partial charge is 0.452 e. The number of para-hydroxylation sites is 1. The van der Waals surface area contributed by atoms with E-state index in [0.717, 1.165) is 11.3 Å². The third-order valence-electron chi connectivity index (χ3n) is 6.49. The van der Waals surface area contributed by atoms with Crippen LogP contribution in [-0.2, 0) is 25.7 Å². The number of anilines is 2. The molecule has 1 fully saturated rings. The number of likely N-dealkylation sites (N-methyl/N-ethyl adjacent to an activating group) is 2. The molecule has 0 saturated carbocycles. The van der Waals surface area contributed by atoms with Gasteiger partial charge in [0.2, 0.25) is 11.6 Å². The zero-order chi connectivity index (χ0) is 24.6. The van der Waals surface area contributed by atoms with Gasteiger partial charge in [-0.1, -0.05) is 24.3 Å². The molecule has 0 radical (unpaired) electrons. The lowest BCUT2D eigenvalue weighted by Gasteiger charge is -2.46. The van der Waals surface area contributed by atoms with Gasteiger partial charge in [-0.15, -0.1) is 0 Å². The van der Waals surface area contributed by atoms with Crippen molar-refractivity contribution in [1.29, 1.82) is 0 Å². The number of fused-ring (bicyclic) bond motifs is 3. The van der Waals surface area contributed by atoms with Crippen molar-refractivity contribution < 1.29 is 23.9 Å². The van der Waals surface area contributed by atoms with Crippen LogP contribution >= 0.6 is 0 Å². The first-order chi connectivity index (χ1) is 16.2. The van der Waals surface area contributed by atoms with E-state index in [2.05, 4.69) is 0 Å². The number of carbonyl (C=O) groups is 4. The predicted molar refractivity (Wildman–Crippen MR) is 126 cm³/mol. The van der Waals surface area contributed by atoms with Crippen LogP contribution in [0.25, 0.3) is 0 Å². The number of hydrogen-bond donors (Lipinski definition) is 0. The molecular formula is C25H28N4O5. The Morgan fingerprint density at radius 3 is 2.38 bits per heavy atom. The minimum Gasteiger partial charge on any atom is -0.452 e. The van der Waals surface area contributed by atoms with Gasteiger partial charge in [0, 0.05) is 53.3 Å². The second-order valence-corrected chi connectivity index (χ2v) is 8.81. The first-order valence-corrected chi connectivity index (χ1v) is 11.0. The Bertz CT molecular complexity index is 1150. The van der Waals surface area contributed by atoms with Crippen molar-refractivity contribution >= 4 is 35.1 Å². The molecule has 2 aromatic rings. The molecule has 1 unspecified atom stereocenters. The molecule has 0 spiro atoms.